The second-order valence-corrected chi connectivity index (χ2v) is 4.19. The zero-order valence-electron chi connectivity index (χ0n) is 7.95. The van der Waals surface area contributed by atoms with Gasteiger partial charge < -0.3 is 0 Å². The highest BCUT2D eigenvalue weighted by molar-refractivity contribution is 4.98. The highest BCUT2D eigenvalue weighted by Crippen LogP contribution is 2.45. The molecule has 11 heavy (non-hydrogen) atoms. The summed E-state index contributed by atoms with van der Waals surface area (Å²) in [5.41, 5.74) is 2.03. The maximum atomic E-state index is 4.01. The molecule has 0 aromatic carbocycles. The van der Waals surface area contributed by atoms with Crippen LogP contribution < -0.4 is 0 Å². The van der Waals surface area contributed by atoms with Crippen molar-refractivity contribution in [3.8, 4) is 0 Å². The van der Waals surface area contributed by atoms with Gasteiger partial charge in [0.15, 0.2) is 0 Å². The van der Waals surface area contributed by atoms with Crippen LogP contribution in [-0.4, -0.2) is 0 Å². The van der Waals surface area contributed by atoms with Gasteiger partial charge >= 0.3 is 0 Å². The van der Waals surface area contributed by atoms with Crippen LogP contribution >= 0.6 is 0 Å². The van der Waals surface area contributed by atoms with Crippen LogP contribution in [0.15, 0.2) is 12.2 Å². The fourth-order valence-electron chi connectivity index (χ4n) is 2.42. The van der Waals surface area contributed by atoms with Crippen molar-refractivity contribution in [2.75, 3.05) is 0 Å². The second-order valence-electron chi connectivity index (χ2n) is 4.19. The Morgan fingerprint density at radius 1 is 1.36 bits per heavy atom. The molecular formula is C11H20. The maximum Gasteiger partial charge on any atom is -0.0263 e. The Morgan fingerprint density at radius 2 is 1.91 bits per heavy atom. The first-order valence-electron chi connectivity index (χ1n) is 4.83. The molecule has 1 fully saturated rings. The van der Waals surface area contributed by atoms with Gasteiger partial charge in [-0.3, -0.25) is 0 Å². The summed E-state index contributed by atoms with van der Waals surface area (Å²) in [6.45, 7) is 8.50. The minimum atomic E-state index is 0.659. The molecule has 0 unspecified atom stereocenters. The van der Waals surface area contributed by atoms with Crippen LogP contribution in [-0.2, 0) is 0 Å². The number of allylic oxidation sites excluding steroid dienone is 1. The van der Waals surface area contributed by atoms with Crippen molar-refractivity contribution in [1.29, 1.82) is 0 Å². The van der Waals surface area contributed by atoms with Gasteiger partial charge in [0.2, 0.25) is 0 Å². The number of hydrogen-bond donors (Lipinski definition) is 0. The number of rotatable bonds is 3. The molecule has 1 rings (SSSR count). The van der Waals surface area contributed by atoms with Crippen LogP contribution in [0.3, 0.4) is 0 Å². The Balaban J connectivity index is 2.52. The van der Waals surface area contributed by atoms with Gasteiger partial charge in [0.25, 0.3) is 0 Å². The van der Waals surface area contributed by atoms with Crippen molar-refractivity contribution in [3.05, 3.63) is 12.2 Å². The molecule has 0 nitrogen and oxygen atoms in total. The molecule has 0 amide bonds. The van der Waals surface area contributed by atoms with Crippen LogP contribution in [0.5, 0.6) is 0 Å². The molecule has 0 bridgehead atoms. The first kappa shape index (κ1) is 8.83. The molecule has 0 aliphatic heterocycles. The largest absolute Gasteiger partial charge is 0.100 e. The molecule has 64 valence electrons. The average molecular weight is 152 g/mol. The van der Waals surface area contributed by atoms with E-state index < -0.39 is 0 Å². The zero-order valence-corrected chi connectivity index (χ0v) is 7.95. The minimum Gasteiger partial charge on any atom is -0.100 e. The predicted octanol–water partition coefficient (Wildman–Crippen LogP) is 3.92. The SMILES string of the molecule is C=C(C)CC1(CC)CCCC1. The maximum absolute atomic E-state index is 4.01. The van der Waals surface area contributed by atoms with Gasteiger partial charge in [-0.25, -0.2) is 0 Å². The van der Waals surface area contributed by atoms with Crippen LogP contribution in [0, 0.1) is 5.41 Å². The second kappa shape index (κ2) is 3.42. The van der Waals surface area contributed by atoms with Crippen molar-refractivity contribution in [2.24, 2.45) is 5.41 Å². The van der Waals surface area contributed by atoms with Gasteiger partial charge in [-0.05, 0) is 31.6 Å². The van der Waals surface area contributed by atoms with E-state index in [0.717, 1.165) is 0 Å². The Morgan fingerprint density at radius 3 is 2.27 bits per heavy atom. The molecule has 0 heterocycles. The van der Waals surface area contributed by atoms with E-state index in [2.05, 4.69) is 20.4 Å². The molecule has 1 aliphatic rings. The van der Waals surface area contributed by atoms with Gasteiger partial charge in [0.1, 0.15) is 0 Å². The van der Waals surface area contributed by atoms with Gasteiger partial charge in [-0.15, -0.1) is 6.58 Å². The molecule has 0 saturated heterocycles. The molecule has 1 saturated carbocycles. The molecule has 0 atom stereocenters. The van der Waals surface area contributed by atoms with E-state index in [-0.39, 0.29) is 0 Å². The summed E-state index contributed by atoms with van der Waals surface area (Å²) < 4.78 is 0. The Hall–Kier alpha value is -0.260. The van der Waals surface area contributed by atoms with Crippen molar-refractivity contribution in [3.63, 3.8) is 0 Å². The van der Waals surface area contributed by atoms with E-state index in [4.69, 9.17) is 0 Å². The summed E-state index contributed by atoms with van der Waals surface area (Å²) in [5.74, 6) is 0. The Bertz CT molecular complexity index is 138. The van der Waals surface area contributed by atoms with E-state index >= 15 is 0 Å². The summed E-state index contributed by atoms with van der Waals surface area (Å²) in [6, 6.07) is 0. The minimum absolute atomic E-state index is 0.659. The molecular weight excluding hydrogens is 132 g/mol. The third-order valence-corrected chi connectivity index (χ3v) is 3.09. The van der Waals surface area contributed by atoms with E-state index in [1.807, 2.05) is 0 Å². The summed E-state index contributed by atoms with van der Waals surface area (Å²) in [4.78, 5) is 0. The van der Waals surface area contributed by atoms with Gasteiger partial charge in [-0.1, -0.05) is 31.8 Å². The van der Waals surface area contributed by atoms with E-state index in [9.17, 15) is 0 Å². The first-order chi connectivity index (χ1) is 5.18. The van der Waals surface area contributed by atoms with E-state index in [1.165, 1.54) is 44.1 Å². The van der Waals surface area contributed by atoms with Crippen molar-refractivity contribution >= 4 is 0 Å². The zero-order chi connectivity index (χ0) is 8.32. The van der Waals surface area contributed by atoms with Gasteiger partial charge in [0.05, 0.1) is 0 Å². The highest BCUT2D eigenvalue weighted by atomic mass is 14.4. The highest BCUT2D eigenvalue weighted by Gasteiger charge is 2.31. The van der Waals surface area contributed by atoms with Crippen molar-refractivity contribution < 1.29 is 0 Å². The molecule has 0 aromatic rings. The van der Waals surface area contributed by atoms with Gasteiger partial charge in [0, 0.05) is 0 Å². The third-order valence-electron chi connectivity index (χ3n) is 3.09. The molecule has 1 aliphatic carbocycles. The lowest BCUT2D eigenvalue weighted by Gasteiger charge is -2.27. The third kappa shape index (κ3) is 2.08. The van der Waals surface area contributed by atoms with E-state index in [0.29, 0.717) is 5.41 Å². The lowest BCUT2D eigenvalue weighted by atomic mass is 9.78. The summed E-state index contributed by atoms with van der Waals surface area (Å²) in [7, 11) is 0. The fraction of sp³-hybridized carbons (Fsp3) is 0.818. The fourth-order valence-corrected chi connectivity index (χ4v) is 2.42. The van der Waals surface area contributed by atoms with Crippen molar-refractivity contribution in [2.45, 2.75) is 52.4 Å². The molecule has 0 N–H and O–H groups in total. The van der Waals surface area contributed by atoms with E-state index in [1.54, 1.807) is 0 Å². The summed E-state index contributed by atoms with van der Waals surface area (Å²) >= 11 is 0. The average Bonchev–Trinajstić information content (AvgIpc) is 2.36. The molecule has 0 radical (unpaired) electrons. The predicted molar refractivity (Wildman–Crippen MR) is 50.6 cm³/mol. The number of hydrogen-bond acceptors (Lipinski definition) is 0. The normalized spacial score (nSPS) is 22.0. The summed E-state index contributed by atoms with van der Waals surface area (Å²) in [6.07, 6.45) is 8.39. The molecule has 0 spiro atoms. The van der Waals surface area contributed by atoms with Crippen LogP contribution in [0.4, 0.5) is 0 Å². The first-order valence-corrected chi connectivity index (χ1v) is 4.83. The topological polar surface area (TPSA) is 0 Å². The van der Waals surface area contributed by atoms with Crippen LogP contribution in [0.25, 0.3) is 0 Å². The van der Waals surface area contributed by atoms with Crippen molar-refractivity contribution in [1.82, 2.24) is 0 Å². The standard InChI is InChI=1S/C11H20/c1-4-11(9-10(2)3)7-5-6-8-11/h2,4-9H2,1,3H3. The van der Waals surface area contributed by atoms with Crippen LogP contribution in [0.1, 0.15) is 52.4 Å². The lowest BCUT2D eigenvalue weighted by molar-refractivity contribution is 0.282. The molecule has 0 heteroatoms. The lowest BCUT2D eigenvalue weighted by Crippen LogP contribution is -2.14. The Kier molecular flexibility index (Phi) is 2.75. The summed E-state index contributed by atoms with van der Waals surface area (Å²) in [5, 5.41) is 0. The molecule has 0 aromatic heterocycles. The van der Waals surface area contributed by atoms with Crippen LogP contribution in [0.2, 0.25) is 0 Å². The Labute approximate surface area is 70.7 Å². The van der Waals surface area contributed by atoms with Gasteiger partial charge in [-0.2, -0.15) is 0 Å². The smallest absolute Gasteiger partial charge is 0.0263 e. The quantitative estimate of drug-likeness (QED) is 0.538. The monoisotopic (exact) mass is 152 g/mol.